The normalized spacial score (nSPS) is 21.6. The molecule has 8 nitrogen and oxygen atoms in total. The average molecular weight is 375 g/mol. The van der Waals surface area contributed by atoms with E-state index in [0.717, 1.165) is 0 Å². The van der Waals surface area contributed by atoms with Gasteiger partial charge in [0.1, 0.15) is 17.4 Å². The number of amidine groups is 2. The number of aliphatic imine (C=N–C) groups is 2. The number of hydrogen-bond acceptors (Lipinski definition) is 6. The maximum absolute atomic E-state index is 12.2. The summed E-state index contributed by atoms with van der Waals surface area (Å²) in [6.07, 6.45) is 3.20. The topological polar surface area (TPSA) is 100 Å². The van der Waals surface area contributed by atoms with Crippen molar-refractivity contribution in [3.63, 3.8) is 0 Å². The van der Waals surface area contributed by atoms with Crippen molar-refractivity contribution in [1.29, 1.82) is 0 Å². The Kier molecular flexibility index (Phi) is 5.22. The van der Waals surface area contributed by atoms with Crippen molar-refractivity contribution in [1.82, 2.24) is 9.88 Å². The van der Waals surface area contributed by atoms with Gasteiger partial charge in [-0.1, -0.05) is 17.7 Å². The van der Waals surface area contributed by atoms with Crippen LogP contribution in [0.25, 0.3) is 0 Å². The molecule has 2 aromatic heterocycles. The molecule has 0 aromatic carbocycles. The maximum atomic E-state index is 12.2. The van der Waals surface area contributed by atoms with E-state index < -0.39 is 17.5 Å². The van der Waals surface area contributed by atoms with Crippen LogP contribution < -0.4 is 10.6 Å². The van der Waals surface area contributed by atoms with Gasteiger partial charge in [0, 0.05) is 20.3 Å². The van der Waals surface area contributed by atoms with E-state index in [-0.39, 0.29) is 6.54 Å². The number of anilines is 1. The monoisotopic (exact) mass is 374 g/mol. The average Bonchev–Trinajstić information content (AvgIpc) is 3.14. The lowest BCUT2D eigenvalue weighted by molar-refractivity contribution is -0.118. The van der Waals surface area contributed by atoms with Crippen LogP contribution in [-0.4, -0.2) is 53.1 Å². The van der Waals surface area contributed by atoms with Crippen molar-refractivity contribution in [2.24, 2.45) is 15.7 Å². The first-order valence-corrected chi connectivity index (χ1v) is 8.38. The first-order valence-electron chi connectivity index (χ1n) is 7.94. The molecule has 136 valence electrons. The molecule has 3 heterocycles. The molecule has 1 amide bonds. The Morgan fingerprint density at radius 2 is 2.19 bits per heavy atom. The largest absolute Gasteiger partial charge is 0.467 e. The van der Waals surface area contributed by atoms with Crippen molar-refractivity contribution < 1.29 is 9.21 Å². The van der Waals surface area contributed by atoms with Gasteiger partial charge >= 0.3 is 0 Å². The summed E-state index contributed by atoms with van der Waals surface area (Å²) in [5.41, 5.74) is 4.85. The lowest BCUT2D eigenvalue weighted by atomic mass is 10.1. The molecule has 26 heavy (non-hydrogen) atoms. The number of aromatic nitrogens is 1. The fourth-order valence-corrected chi connectivity index (χ4v) is 2.98. The van der Waals surface area contributed by atoms with Crippen LogP contribution in [0.15, 0.2) is 57.2 Å². The Labute approximate surface area is 156 Å². The molecule has 1 aliphatic heterocycles. The second-order valence-corrected chi connectivity index (χ2v) is 6.27. The predicted octanol–water partition coefficient (Wildman–Crippen LogP) is 1.47. The number of carbonyl (C=O) groups excluding carboxylic acids is 1. The molecule has 2 aromatic rings. The van der Waals surface area contributed by atoms with Gasteiger partial charge in [-0.15, -0.1) is 0 Å². The van der Waals surface area contributed by atoms with Gasteiger partial charge < -0.3 is 20.0 Å². The van der Waals surface area contributed by atoms with Gasteiger partial charge in [-0.2, -0.15) is 0 Å². The van der Waals surface area contributed by atoms with E-state index in [0.29, 0.717) is 23.2 Å². The Morgan fingerprint density at radius 3 is 2.77 bits per heavy atom. The molecule has 0 saturated heterocycles. The van der Waals surface area contributed by atoms with E-state index in [2.05, 4.69) is 15.0 Å². The molecule has 0 saturated carbocycles. The SMILES string of the molecule is CN(C)C1=NC(=NCc2ccco2)C(Cl)N(c2ccccn2)C1C(N)=O. The van der Waals surface area contributed by atoms with Gasteiger partial charge in [0.2, 0.25) is 5.91 Å². The third-order valence-corrected chi connectivity index (χ3v) is 4.23. The lowest BCUT2D eigenvalue weighted by Crippen LogP contribution is -2.61. The van der Waals surface area contributed by atoms with Crippen LogP contribution in [0.5, 0.6) is 0 Å². The molecular weight excluding hydrogens is 356 g/mol. The smallest absolute Gasteiger partial charge is 0.248 e. The number of rotatable bonds is 4. The number of amides is 1. The van der Waals surface area contributed by atoms with Gasteiger partial charge in [-0.25, -0.2) is 9.98 Å². The highest BCUT2D eigenvalue weighted by Gasteiger charge is 2.41. The molecule has 0 aliphatic carbocycles. The lowest BCUT2D eigenvalue weighted by Gasteiger charge is -2.39. The number of nitrogens with zero attached hydrogens (tertiary/aromatic N) is 5. The Morgan fingerprint density at radius 1 is 1.38 bits per heavy atom. The zero-order valence-corrected chi connectivity index (χ0v) is 15.2. The highest BCUT2D eigenvalue weighted by molar-refractivity contribution is 6.36. The number of alkyl halides is 1. The maximum Gasteiger partial charge on any atom is 0.248 e. The van der Waals surface area contributed by atoms with Crippen molar-refractivity contribution in [2.45, 2.75) is 18.1 Å². The van der Waals surface area contributed by atoms with E-state index in [1.807, 2.05) is 12.1 Å². The molecule has 2 unspecified atom stereocenters. The van der Waals surface area contributed by atoms with Crippen LogP contribution in [0.4, 0.5) is 5.82 Å². The summed E-state index contributed by atoms with van der Waals surface area (Å²) in [5.74, 6) is 1.42. The summed E-state index contributed by atoms with van der Waals surface area (Å²) in [7, 11) is 3.56. The zero-order valence-electron chi connectivity index (χ0n) is 14.4. The van der Waals surface area contributed by atoms with Crippen molar-refractivity contribution in [2.75, 3.05) is 19.0 Å². The van der Waals surface area contributed by atoms with E-state index in [4.69, 9.17) is 21.8 Å². The molecule has 2 atom stereocenters. The minimum Gasteiger partial charge on any atom is -0.467 e. The van der Waals surface area contributed by atoms with Crippen LogP contribution >= 0.6 is 11.6 Å². The second kappa shape index (κ2) is 7.57. The molecule has 0 spiro atoms. The van der Waals surface area contributed by atoms with Crippen LogP contribution in [0.3, 0.4) is 0 Å². The van der Waals surface area contributed by atoms with Crippen LogP contribution in [0.1, 0.15) is 5.76 Å². The molecule has 9 heteroatoms. The van der Waals surface area contributed by atoms with E-state index in [1.165, 1.54) is 0 Å². The highest BCUT2D eigenvalue weighted by atomic mass is 35.5. The summed E-state index contributed by atoms with van der Waals surface area (Å²) >= 11 is 6.62. The molecular formula is C17H19ClN6O2. The standard InChI is InChI=1S/C17H19ClN6O2/c1-23(2)17-13(15(19)25)24(12-7-3-4-8-20-12)14(18)16(22-17)21-10-11-6-5-9-26-11/h3-9,13-14H,10H2,1-2H3,(H2,19,25). The van der Waals surface area contributed by atoms with Gasteiger partial charge in [0.15, 0.2) is 17.4 Å². The number of furan rings is 1. The fraction of sp³-hybridized carbons (Fsp3) is 0.294. The van der Waals surface area contributed by atoms with Gasteiger partial charge in [-0.3, -0.25) is 9.79 Å². The summed E-state index contributed by atoms with van der Waals surface area (Å²) in [4.78, 5) is 28.8. The van der Waals surface area contributed by atoms with Gasteiger partial charge in [-0.05, 0) is 24.3 Å². The molecule has 3 rings (SSSR count). The first kappa shape index (κ1) is 17.9. The quantitative estimate of drug-likeness (QED) is 0.645. The summed E-state index contributed by atoms with van der Waals surface area (Å²) in [6.45, 7) is 0.285. The summed E-state index contributed by atoms with van der Waals surface area (Å²) < 4.78 is 5.30. The van der Waals surface area contributed by atoms with Crippen LogP contribution in [-0.2, 0) is 11.3 Å². The van der Waals surface area contributed by atoms with Crippen LogP contribution in [0.2, 0.25) is 0 Å². The number of hydrogen-bond donors (Lipinski definition) is 1. The molecule has 1 aliphatic rings. The third-order valence-electron chi connectivity index (χ3n) is 3.83. The second-order valence-electron chi connectivity index (χ2n) is 5.85. The third kappa shape index (κ3) is 3.55. The van der Waals surface area contributed by atoms with Gasteiger partial charge in [0.05, 0.1) is 12.8 Å². The van der Waals surface area contributed by atoms with E-state index >= 15 is 0 Å². The zero-order chi connectivity index (χ0) is 18.7. The Balaban J connectivity index is 2.06. The Hall–Kier alpha value is -2.87. The first-order chi connectivity index (χ1) is 12.5. The minimum absolute atomic E-state index is 0.285. The number of likely N-dealkylation sites (N-methyl/N-ethyl adjacent to an activating group) is 1. The fourth-order valence-electron chi connectivity index (χ4n) is 2.65. The van der Waals surface area contributed by atoms with Crippen LogP contribution in [0, 0.1) is 0 Å². The van der Waals surface area contributed by atoms with E-state index in [1.54, 1.807) is 54.6 Å². The molecule has 0 bridgehead atoms. The van der Waals surface area contributed by atoms with Crippen molar-refractivity contribution >= 4 is 35.0 Å². The van der Waals surface area contributed by atoms with Crippen molar-refractivity contribution in [3.05, 3.63) is 48.6 Å². The summed E-state index contributed by atoms with van der Waals surface area (Å²) in [5, 5.41) is 0. The van der Waals surface area contributed by atoms with E-state index in [9.17, 15) is 4.79 Å². The number of primary amides is 1. The molecule has 2 N–H and O–H groups in total. The predicted molar refractivity (Wildman–Crippen MR) is 100 cm³/mol. The van der Waals surface area contributed by atoms with Crippen molar-refractivity contribution in [3.8, 4) is 0 Å². The minimum atomic E-state index is -0.857. The number of nitrogens with two attached hydrogens (primary N) is 1. The number of halogens is 1. The highest BCUT2D eigenvalue weighted by Crippen LogP contribution is 2.26. The molecule has 0 fully saturated rings. The number of pyridine rings is 1. The number of carbonyl (C=O) groups is 1. The summed E-state index contributed by atoms with van der Waals surface area (Å²) in [6, 6.07) is 8.09. The van der Waals surface area contributed by atoms with Gasteiger partial charge in [0.25, 0.3) is 0 Å². The molecule has 0 radical (unpaired) electrons. The Bertz CT molecular complexity index is 819.